The number of benzene rings is 1. The standard InChI is InChI=1S/C14H15NO3S/c1-10(2)14(17)18-9-5-8-15-13(16)11-6-3-4-7-12(11)19-15/h3-4,6-7H,1,5,8-9H2,2H3. The van der Waals surface area contributed by atoms with Crippen molar-refractivity contribution < 1.29 is 9.53 Å². The molecule has 0 amide bonds. The number of aryl methyl sites for hydroxylation is 1. The van der Waals surface area contributed by atoms with Gasteiger partial charge < -0.3 is 4.74 Å². The first-order chi connectivity index (χ1) is 9.09. The number of rotatable bonds is 5. The molecule has 5 heteroatoms. The summed E-state index contributed by atoms with van der Waals surface area (Å²) in [5, 5.41) is 0.742. The molecule has 0 unspecified atom stereocenters. The van der Waals surface area contributed by atoms with E-state index in [9.17, 15) is 9.59 Å². The topological polar surface area (TPSA) is 48.3 Å². The summed E-state index contributed by atoms with van der Waals surface area (Å²) in [4.78, 5) is 23.2. The molecule has 0 fully saturated rings. The van der Waals surface area contributed by atoms with Crippen molar-refractivity contribution in [2.24, 2.45) is 0 Å². The van der Waals surface area contributed by atoms with Crippen molar-refractivity contribution in [3.63, 3.8) is 0 Å². The van der Waals surface area contributed by atoms with Crippen molar-refractivity contribution in [1.82, 2.24) is 3.96 Å². The van der Waals surface area contributed by atoms with Crippen LogP contribution in [-0.2, 0) is 16.1 Å². The zero-order valence-corrected chi connectivity index (χ0v) is 11.5. The lowest BCUT2D eigenvalue weighted by Gasteiger charge is -2.03. The van der Waals surface area contributed by atoms with Crippen LogP contribution in [0.15, 0.2) is 41.2 Å². The van der Waals surface area contributed by atoms with E-state index in [-0.39, 0.29) is 11.5 Å². The molecule has 100 valence electrons. The Morgan fingerprint density at radius 1 is 1.42 bits per heavy atom. The lowest BCUT2D eigenvalue weighted by molar-refractivity contribution is -0.139. The summed E-state index contributed by atoms with van der Waals surface area (Å²) in [5.41, 5.74) is 0.408. The molecule has 1 aromatic carbocycles. The molecule has 2 rings (SSSR count). The SMILES string of the molecule is C=C(C)C(=O)OCCCn1sc2ccccc2c1=O. The van der Waals surface area contributed by atoms with Crippen molar-refractivity contribution in [3.8, 4) is 0 Å². The largest absolute Gasteiger partial charge is 0.462 e. The van der Waals surface area contributed by atoms with E-state index in [0.29, 0.717) is 25.1 Å². The fourth-order valence-electron chi connectivity index (χ4n) is 1.66. The number of aromatic nitrogens is 1. The quantitative estimate of drug-likeness (QED) is 0.479. The van der Waals surface area contributed by atoms with Crippen LogP contribution in [0.5, 0.6) is 0 Å². The summed E-state index contributed by atoms with van der Waals surface area (Å²) in [7, 11) is 0. The summed E-state index contributed by atoms with van der Waals surface area (Å²) in [6.45, 7) is 5.97. The van der Waals surface area contributed by atoms with Crippen molar-refractivity contribution in [2.75, 3.05) is 6.61 Å². The highest BCUT2D eigenvalue weighted by molar-refractivity contribution is 7.13. The number of hydrogen-bond acceptors (Lipinski definition) is 4. The Morgan fingerprint density at radius 2 is 2.16 bits per heavy atom. The Balaban J connectivity index is 1.95. The molecule has 4 nitrogen and oxygen atoms in total. The molecule has 0 bridgehead atoms. The second-order valence-corrected chi connectivity index (χ2v) is 5.33. The number of carbonyl (C=O) groups is 1. The average molecular weight is 277 g/mol. The Hall–Kier alpha value is -1.88. The molecule has 0 saturated carbocycles. The molecule has 0 N–H and O–H groups in total. The fourth-order valence-corrected chi connectivity index (χ4v) is 2.69. The van der Waals surface area contributed by atoms with Crippen LogP contribution in [0, 0.1) is 0 Å². The van der Waals surface area contributed by atoms with Crippen molar-refractivity contribution >= 4 is 27.6 Å². The molecule has 0 aliphatic carbocycles. The Kier molecular flexibility index (Phi) is 4.16. The van der Waals surface area contributed by atoms with E-state index in [4.69, 9.17) is 4.74 Å². The van der Waals surface area contributed by atoms with E-state index in [1.807, 2.05) is 24.3 Å². The van der Waals surface area contributed by atoms with E-state index < -0.39 is 0 Å². The van der Waals surface area contributed by atoms with Gasteiger partial charge in [0.25, 0.3) is 5.56 Å². The minimum absolute atomic E-state index is 0.0202. The molecule has 1 heterocycles. The van der Waals surface area contributed by atoms with Gasteiger partial charge in [-0.2, -0.15) is 0 Å². The maximum Gasteiger partial charge on any atom is 0.333 e. The van der Waals surface area contributed by atoms with Crippen LogP contribution in [0.4, 0.5) is 0 Å². The van der Waals surface area contributed by atoms with Crippen LogP contribution in [0.3, 0.4) is 0 Å². The molecule has 19 heavy (non-hydrogen) atoms. The summed E-state index contributed by atoms with van der Waals surface area (Å²) in [6.07, 6.45) is 0.617. The van der Waals surface area contributed by atoms with Gasteiger partial charge in [-0.15, -0.1) is 0 Å². The molecule has 1 aromatic heterocycles. The fraction of sp³-hybridized carbons (Fsp3) is 0.286. The van der Waals surface area contributed by atoms with E-state index >= 15 is 0 Å². The highest BCUT2D eigenvalue weighted by Crippen LogP contribution is 2.15. The normalized spacial score (nSPS) is 10.6. The number of hydrogen-bond donors (Lipinski definition) is 0. The first kappa shape index (κ1) is 13.5. The second-order valence-electron chi connectivity index (χ2n) is 4.26. The molecule has 2 aromatic rings. The Labute approximate surface area is 115 Å². The van der Waals surface area contributed by atoms with Gasteiger partial charge in [-0.1, -0.05) is 30.2 Å². The van der Waals surface area contributed by atoms with Gasteiger partial charge in [0, 0.05) is 18.5 Å². The van der Waals surface area contributed by atoms with E-state index in [1.54, 1.807) is 10.9 Å². The number of nitrogens with zero attached hydrogens (tertiary/aromatic N) is 1. The van der Waals surface area contributed by atoms with Gasteiger partial charge in [0.15, 0.2) is 0 Å². The maximum atomic E-state index is 12.0. The van der Waals surface area contributed by atoms with Crippen molar-refractivity contribution in [1.29, 1.82) is 0 Å². The van der Waals surface area contributed by atoms with Crippen LogP contribution in [0.2, 0.25) is 0 Å². The third-order valence-corrected chi connectivity index (χ3v) is 3.76. The van der Waals surface area contributed by atoms with Gasteiger partial charge in [-0.3, -0.25) is 8.75 Å². The highest BCUT2D eigenvalue weighted by atomic mass is 32.1. The predicted octanol–water partition coefficient (Wildman–Crippen LogP) is 2.57. The van der Waals surface area contributed by atoms with Crippen LogP contribution in [0.25, 0.3) is 10.1 Å². The number of carbonyl (C=O) groups excluding carboxylic acids is 1. The molecule has 0 radical (unpaired) electrons. The molecular formula is C14H15NO3S. The van der Waals surface area contributed by atoms with Crippen LogP contribution in [0.1, 0.15) is 13.3 Å². The number of ether oxygens (including phenoxy) is 1. The lowest BCUT2D eigenvalue weighted by atomic mass is 10.3. The lowest BCUT2D eigenvalue weighted by Crippen LogP contribution is -2.15. The average Bonchev–Trinajstić information content (AvgIpc) is 2.72. The van der Waals surface area contributed by atoms with Crippen LogP contribution < -0.4 is 5.56 Å². The van der Waals surface area contributed by atoms with Gasteiger partial charge >= 0.3 is 5.97 Å². The van der Waals surface area contributed by atoms with Crippen LogP contribution >= 0.6 is 11.5 Å². The number of fused-ring (bicyclic) bond motifs is 1. The summed E-state index contributed by atoms with van der Waals surface area (Å²) in [5.74, 6) is -0.385. The second kappa shape index (κ2) is 5.84. The summed E-state index contributed by atoms with van der Waals surface area (Å²) < 4.78 is 7.66. The molecule has 0 atom stereocenters. The van der Waals surface area contributed by atoms with Gasteiger partial charge in [-0.05, 0) is 19.1 Å². The van der Waals surface area contributed by atoms with Gasteiger partial charge in [0.05, 0.1) is 16.7 Å². The van der Waals surface area contributed by atoms with Crippen LogP contribution in [-0.4, -0.2) is 16.5 Å². The zero-order valence-electron chi connectivity index (χ0n) is 10.7. The first-order valence-electron chi connectivity index (χ1n) is 6.01. The molecule has 0 aliphatic heterocycles. The Morgan fingerprint density at radius 3 is 2.84 bits per heavy atom. The third-order valence-electron chi connectivity index (χ3n) is 2.64. The minimum Gasteiger partial charge on any atom is -0.462 e. The van der Waals surface area contributed by atoms with Gasteiger partial charge in [0.2, 0.25) is 0 Å². The zero-order chi connectivity index (χ0) is 13.8. The van der Waals surface area contributed by atoms with E-state index in [2.05, 4.69) is 6.58 Å². The smallest absolute Gasteiger partial charge is 0.333 e. The Bertz CT molecular complexity index is 669. The van der Waals surface area contributed by atoms with E-state index in [1.165, 1.54) is 11.5 Å². The highest BCUT2D eigenvalue weighted by Gasteiger charge is 2.07. The summed E-state index contributed by atoms with van der Waals surface area (Å²) >= 11 is 1.44. The first-order valence-corrected chi connectivity index (χ1v) is 6.78. The molecular weight excluding hydrogens is 262 g/mol. The molecule has 0 spiro atoms. The van der Waals surface area contributed by atoms with Crippen molar-refractivity contribution in [3.05, 3.63) is 46.8 Å². The predicted molar refractivity (Wildman–Crippen MR) is 76.5 cm³/mol. The van der Waals surface area contributed by atoms with E-state index in [0.717, 1.165) is 10.1 Å². The summed E-state index contributed by atoms with van der Waals surface area (Å²) in [6, 6.07) is 7.53. The van der Waals surface area contributed by atoms with Crippen molar-refractivity contribution in [2.45, 2.75) is 19.9 Å². The third kappa shape index (κ3) is 3.12. The maximum absolute atomic E-state index is 12.0. The van der Waals surface area contributed by atoms with Gasteiger partial charge in [0.1, 0.15) is 0 Å². The molecule has 0 saturated heterocycles. The minimum atomic E-state index is -0.385. The van der Waals surface area contributed by atoms with Gasteiger partial charge in [-0.25, -0.2) is 4.79 Å². The monoisotopic (exact) mass is 277 g/mol. The number of esters is 1. The molecule has 0 aliphatic rings.